The van der Waals surface area contributed by atoms with Gasteiger partial charge in [-0.2, -0.15) is 10.2 Å². The Hall–Kier alpha value is -2.55. The van der Waals surface area contributed by atoms with Gasteiger partial charge >= 0.3 is 0 Å². The second kappa shape index (κ2) is 10.5. The van der Waals surface area contributed by atoms with Gasteiger partial charge in [-0.3, -0.25) is 9.59 Å². The van der Waals surface area contributed by atoms with Crippen LogP contribution in [0.4, 0.5) is 0 Å². The van der Waals surface area contributed by atoms with Crippen LogP contribution in [-0.4, -0.2) is 50.7 Å². The molecule has 2 atom stereocenters. The van der Waals surface area contributed by atoms with E-state index in [1.165, 1.54) is 27.8 Å². The van der Waals surface area contributed by atoms with Gasteiger partial charge in [0.2, 0.25) is 0 Å². The summed E-state index contributed by atoms with van der Waals surface area (Å²) in [6.07, 6.45) is 10.7. The zero-order valence-electron chi connectivity index (χ0n) is 23.2. The SMILES string of the molecule is Cc1c(C[C@H](C)CN2CC3(CC(Cc4ccc(Cl)c5c(=O)n(C)ncc45)C3)C2)cnn(C2CCCCO2)c1=O. The number of nitrogens with zero attached hydrogens (tertiary/aromatic N) is 5. The molecule has 6 rings (SSSR count). The second-order valence-electron chi connectivity index (χ2n) is 12.4. The van der Waals surface area contributed by atoms with E-state index in [1.807, 2.05) is 19.2 Å². The average molecular weight is 552 g/mol. The fraction of sp³-hybridized carbons (Fsp3) is 0.600. The van der Waals surface area contributed by atoms with Crippen molar-refractivity contribution in [1.29, 1.82) is 0 Å². The molecule has 3 fully saturated rings. The Bertz CT molecular complexity index is 1490. The summed E-state index contributed by atoms with van der Waals surface area (Å²) in [6, 6.07) is 3.91. The van der Waals surface area contributed by atoms with Crippen LogP contribution in [0.3, 0.4) is 0 Å². The first-order valence-electron chi connectivity index (χ1n) is 14.3. The highest BCUT2D eigenvalue weighted by molar-refractivity contribution is 6.35. The number of fused-ring (bicyclic) bond motifs is 1. The summed E-state index contributed by atoms with van der Waals surface area (Å²) in [5.74, 6) is 1.09. The molecule has 1 aliphatic carbocycles. The molecule has 1 unspecified atom stereocenters. The van der Waals surface area contributed by atoms with Crippen molar-refractivity contribution in [2.24, 2.45) is 24.3 Å². The predicted octanol–water partition coefficient (Wildman–Crippen LogP) is 4.28. The molecule has 2 aromatic heterocycles. The van der Waals surface area contributed by atoms with Gasteiger partial charge in [0.15, 0.2) is 6.23 Å². The molecule has 208 valence electrons. The summed E-state index contributed by atoms with van der Waals surface area (Å²) in [4.78, 5) is 28.1. The van der Waals surface area contributed by atoms with Gasteiger partial charge in [-0.15, -0.1) is 0 Å². The molecule has 1 aromatic carbocycles. The minimum Gasteiger partial charge on any atom is -0.356 e. The van der Waals surface area contributed by atoms with Gasteiger partial charge < -0.3 is 9.64 Å². The molecule has 2 aliphatic heterocycles. The molecule has 3 aliphatic rings. The van der Waals surface area contributed by atoms with Crippen LogP contribution in [0.5, 0.6) is 0 Å². The summed E-state index contributed by atoms with van der Waals surface area (Å²) in [6.45, 7) is 8.23. The van der Waals surface area contributed by atoms with Crippen LogP contribution in [0, 0.1) is 24.2 Å². The minimum absolute atomic E-state index is 0.0142. The van der Waals surface area contributed by atoms with Crippen molar-refractivity contribution < 1.29 is 4.74 Å². The number of benzene rings is 1. The van der Waals surface area contributed by atoms with Crippen molar-refractivity contribution in [2.45, 2.75) is 65.0 Å². The molecular formula is C30H38ClN5O3. The number of halogens is 1. The molecule has 39 heavy (non-hydrogen) atoms. The quantitative estimate of drug-likeness (QED) is 0.436. The monoisotopic (exact) mass is 551 g/mol. The first-order valence-corrected chi connectivity index (χ1v) is 14.7. The highest BCUT2D eigenvalue weighted by Gasteiger charge is 2.51. The van der Waals surface area contributed by atoms with E-state index in [4.69, 9.17) is 16.3 Å². The van der Waals surface area contributed by atoms with Crippen LogP contribution < -0.4 is 11.1 Å². The van der Waals surface area contributed by atoms with Gasteiger partial charge in [-0.05, 0) is 86.3 Å². The molecule has 4 heterocycles. The van der Waals surface area contributed by atoms with Gasteiger partial charge in [0.05, 0.1) is 22.8 Å². The number of hydrogen-bond donors (Lipinski definition) is 0. The van der Waals surface area contributed by atoms with Crippen molar-refractivity contribution in [3.05, 3.63) is 66.9 Å². The maximum Gasteiger partial charge on any atom is 0.275 e. The Kier molecular flexibility index (Phi) is 7.14. The van der Waals surface area contributed by atoms with E-state index < -0.39 is 0 Å². The van der Waals surface area contributed by atoms with Crippen LogP contribution >= 0.6 is 11.6 Å². The fourth-order valence-corrected chi connectivity index (χ4v) is 7.49. The number of ether oxygens (including phenoxy) is 1. The third-order valence-electron chi connectivity index (χ3n) is 9.14. The molecular weight excluding hydrogens is 514 g/mol. The summed E-state index contributed by atoms with van der Waals surface area (Å²) in [7, 11) is 1.66. The van der Waals surface area contributed by atoms with E-state index in [1.54, 1.807) is 13.2 Å². The highest BCUT2D eigenvalue weighted by Crippen LogP contribution is 2.53. The van der Waals surface area contributed by atoms with E-state index in [0.717, 1.165) is 68.3 Å². The van der Waals surface area contributed by atoms with Crippen molar-refractivity contribution >= 4 is 22.4 Å². The van der Waals surface area contributed by atoms with E-state index in [2.05, 4.69) is 28.1 Å². The molecule has 0 radical (unpaired) electrons. The maximum atomic E-state index is 13.0. The van der Waals surface area contributed by atoms with Gasteiger partial charge in [0.25, 0.3) is 11.1 Å². The van der Waals surface area contributed by atoms with Crippen LogP contribution in [0.15, 0.2) is 34.1 Å². The smallest absolute Gasteiger partial charge is 0.275 e. The van der Waals surface area contributed by atoms with Gasteiger partial charge in [0.1, 0.15) is 0 Å². The van der Waals surface area contributed by atoms with Crippen molar-refractivity contribution in [3.63, 3.8) is 0 Å². The van der Waals surface area contributed by atoms with Crippen LogP contribution in [0.1, 0.15) is 61.9 Å². The Labute approximate surface area is 233 Å². The lowest BCUT2D eigenvalue weighted by Crippen LogP contribution is -2.63. The highest BCUT2D eigenvalue weighted by atomic mass is 35.5. The number of aromatic nitrogens is 4. The standard InChI is InChI=1S/C30H38ClN5O3/c1-19(10-23-14-33-36(28(37)20(23)2)26-6-4-5-9-39-26)16-35-17-30(18-35)12-21(13-30)11-22-7-8-25(31)27-24(22)15-32-34(3)29(27)38/h7-8,14-15,19,21,26H,4-6,9-13,16-18H2,1-3H3/t19-,26?/m0/s1. The van der Waals surface area contributed by atoms with E-state index in [0.29, 0.717) is 34.3 Å². The maximum absolute atomic E-state index is 13.0. The largest absolute Gasteiger partial charge is 0.356 e. The summed E-state index contributed by atoms with van der Waals surface area (Å²) >= 11 is 6.36. The van der Waals surface area contributed by atoms with Crippen LogP contribution in [-0.2, 0) is 24.6 Å². The number of rotatable bonds is 7. The van der Waals surface area contributed by atoms with E-state index >= 15 is 0 Å². The van der Waals surface area contributed by atoms with Gasteiger partial charge in [0, 0.05) is 44.2 Å². The molecule has 8 nitrogen and oxygen atoms in total. The van der Waals surface area contributed by atoms with E-state index in [9.17, 15) is 9.59 Å². The van der Waals surface area contributed by atoms with Gasteiger partial charge in [-0.1, -0.05) is 24.6 Å². The molecule has 0 bridgehead atoms. The Morgan fingerprint density at radius 3 is 2.64 bits per heavy atom. The number of likely N-dealkylation sites (tertiary alicyclic amines) is 1. The molecule has 1 spiro atoms. The first-order chi connectivity index (χ1) is 18.7. The molecule has 2 saturated heterocycles. The topological polar surface area (TPSA) is 82.2 Å². The lowest BCUT2D eigenvalue weighted by atomic mass is 9.56. The third kappa shape index (κ3) is 5.07. The van der Waals surface area contributed by atoms with Crippen molar-refractivity contribution in [3.8, 4) is 0 Å². The second-order valence-corrected chi connectivity index (χ2v) is 12.8. The normalized spacial score (nSPS) is 22.1. The zero-order chi connectivity index (χ0) is 27.3. The van der Waals surface area contributed by atoms with Gasteiger partial charge in [-0.25, -0.2) is 9.36 Å². The van der Waals surface area contributed by atoms with Crippen molar-refractivity contribution in [2.75, 3.05) is 26.2 Å². The third-order valence-corrected chi connectivity index (χ3v) is 9.45. The lowest BCUT2D eigenvalue weighted by molar-refractivity contribution is -0.0979. The molecule has 1 saturated carbocycles. The predicted molar refractivity (Wildman–Crippen MR) is 152 cm³/mol. The summed E-state index contributed by atoms with van der Waals surface area (Å²) < 4.78 is 8.66. The Morgan fingerprint density at radius 2 is 1.90 bits per heavy atom. The Morgan fingerprint density at radius 1 is 1.10 bits per heavy atom. The van der Waals surface area contributed by atoms with Crippen molar-refractivity contribution in [1.82, 2.24) is 24.5 Å². The first kappa shape index (κ1) is 26.7. The molecule has 0 amide bonds. The number of hydrogen-bond acceptors (Lipinski definition) is 6. The molecule has 0 N–H and O–H groups in total. The Balaban J connectivity index is 1.01. The molecule has 9 heteroatoms. The fourth-order valence-electron chi connectivity index (χ4n) is 7.25. The average Bonchev–Trinajstić information content (AvgIpc) is 2.88. The number of aryl methyl sites for hydroxylation is 1. The van der Waals surface area contributed by atoms with Crippen LogP contribution in [0.25, 0.3) is 10.8 Å². The summed E-state index contributed by atoms with van der Waals surface area (Å²) in [5.41, 5.74) is 3.32. The summed E-state index contributed by atoms with van der Waals surface area (Å²) in [5, 5.41) is 10.7. The van der Waals surface area contributed by atoms with Crippen LogP contribution in [0.2, 0.25) is 5.02 Å². The molecule has 3 aromatic rings. The minimum atomic E-state index is -0.220. The lowest BCUT2D eigenvalue weighted by Gasteiger charge is -2.60. The zero-order valence-corrected chi connectivity index (χ0v) is 23.9. The van der Waals surface area contributed by atoms with E-state index in [-0.39, 0.29) is 17.3 Å².